The summed E-state index contributed by atoms with van der Waals surface area (Å²) >= 11 is 9.17. The highest BCUT2D eigenvalue weighted by Crippen LogP contribution is 2.27. The van der Waals surface area contributed by atoms with Crippen molar-refractivity contribution in [3.05, 3.63) is 51.9 Å². The number of rotatable bonds is 8. The second-order valence-corrected chi connectivity index (χ2v) is 8.67. The maximum absolute atomic E-state index is 12.7. The molecule has 5 nitrogen and oxygen atoms in total. The molecule has 2 aromatic rings. The molecule has 0 aliphatic rings. The fourth-order valence-corrected chi connectivity index (χ4v) is 4.43. The molecule has 1 N–H and O–H groups in total. The zero-order valence-corrected chi connectivity index (χ0v) is 16.5. The van der Waals surface area contributed by atoms with Crippen LogP contribution in [0.3, 0.4) is 0 Å². The van der Waals surface area contributed by atoms with Gasteiger partial charge in [-0.3, -0.25) is 0 Å². The van der Waals surface area contributed by atoms with E-state index in [2.05, 4.69) is 20.7 Å². The second-order valence-electron chi connectivity index (χ2n) is 5.70. The van der Waals surface area contributed by atoms with E-state index in [-0.39, 0.29) is 11.5 Å². The van der Waals surface area contributed by atoms with Gasteiger partial charge in [0.05, 0.1) is 17.8 Å². The largest absolute Gasteiger partial charge is 0.468 e. The van der Waals surface area contributed by atoms with Crippen molar-refractivity contribution in [1.82, 2.24) is 4.72 Å². The Morgan fingerprint density at radius 2 is 2.04 bits per heavy atom. The molecule has 24 heavy (non-hydrogen) atoms. The monoisotopic (exact) mass is 435 g/mol. The van der Waals surface area contributed by atoms with Gasteiger partial charge < -0.3 is 9.15 Å². The number of furan rings is 1. The Bertz CT molecular complexity index is 762. The highest BCUT2D eigenvalue weighted by atomic mass is 79.9. The van der Waals surface area contributed by atoms with Crippen molar-refractivity contribution in [2.45, 2.75) is 24.8 Å². The molecular formula is C16H19BrClNO4S. The highest BCUT2D eigenvalue weighted by Gasteiger charge is 2.25. The fourth-order valence-electron chi connectivity index (χ4n) is 2.02. The lowest BCUT2D eigenvalue weighted by molar-refractivity contribution is 0.0903. The molecule has 0 saturated heterocycles. The molecule has 0 spiro atoms. The van der Waals surface area contributed by atoms with Crippen LogP contribution in [0.15, 0.2) is 50.4 Å². The first-order valence-electron chi connectivity index (χ1n) is 7.38. The van der Waals surface area contributed by atoms with Crippen molar-refractivity contribution in [2.24, 2.45) is 5.92 Å². The van der Waals surface area contributed by atoms with Crippen LogP contribution >= 0.6 is 27.5 Å². The van der Waals surface area contributed by atoms with Crippen LogP contribution in [-0.2, 0) is 14.8 Å². The lowest BCUT2D eigenvalue weighted by atomic mass is 10.2. The van der Waals surface area contributed by atoms with Crippen molar-refractivity contribution < 1.29 is 17.6 Å². The third kappa shape index (κ3) is 5.32. The molecule has 0 amide bonds. The lowest BCUT2D eigenvalue weighted by Crippen LogP contribution is -2.32. The number of halogens is 2. The van der Waals surface area contributed by atoms with E-state index in [9.17, 15) is 8.42 Å². The Balaban J connectivity index is 2.22. The van der Waals surface area contributed by atoms with Crippen molar-refractivity contribution in [3.63, 3.8) is 0 Å². The first-order valence-corrected chi connectivity index (χ1v) is 10.0. The summed E-state index contributed by atoms with van der Waals surface area (Å²) in [6, 6.07) is 7.37. The first kappa shape index (κ1) is 19.5. The van der Waals surface area contributed by atoms with E-state index in [1.165, 1.54) is 12.3 Å². The number of hydrogen-bond acceptors (Lipinski definition) is 4. The average molecular weight is 437 g/mol. The summed E-state index contributed by atoms with van der Waals surface area (Å²) in [6.45, 7) is 4.74. The summed E-state index contributed by atoms with van der Waals surface area (Å²) in [5.41, 5.74) is 0. The van der Waals surface area contributed by atoms with Crippen LogP contribution in [0.4, 0.5) is 0 Å². The van der Waals surface area contributed by atoms with Crippen LogP contribution in [0.1, 0.15) is 25.6 Å². The molecular weight excluding hydrogens is 418 g/mol. The van der Waals surface area contributed by atoms with E-state index in [0.717, 1.165) is 0 Å². The van der Waals surface area contributed by atoms with E-state index in [0.29, 0.717) is 27.8 Å². The van der Waals surface area contributed by atoms with Crippen molar-refractivity contribution in [3.8, 4) is 0 Å². The molecule has 132 valence electrons. The Hall–Kier alpha value is -0.860. The zero-order valence-electron chi connectivity index (χ0n) is 13.3. The number of ether oxygens (including phenoxy) is 1. The Kier molecular flexibility index (Phi) is 6.88. The number of nitrogens with one attached hydrogen (secondary N) is 1. The summed E-state index contributed by atoms with van der Waals surface area (Å²) in [4.78, 5) is 0.0652. The van der Waals surface area contributed by atoms with Crippen LogP contribution in [0.2, 0.25) is 5.02 Å². The maximum Gasteiger partial charge on any atom is 0.242 e. The summed E-state index contributed by atoms with van der Waals surface area (Å²) in [6.07, 6.45) is 1.49. The molecule has 0 fully saturated rings. The van der Waals surface area contributed by atoms with Gasteiger partial charge in [0, 0.05) is 16.1 Å². The van der Waals surface area contributed by atoms with Crippen LogP contribution in [0.25, 0.3) is 0 Å². The number of benzene rings is 1. The molecule has 1 unspecified atom stereocenters. The molecule has 2 rings (SSSR count). The molecule has 1 heterocycles. The van der Waals surface area contributed by atoms with Crippen LogP contribution in [0, 0.1) is 5.92 Å². The molecule has 0 aliphatic heterocycles. The quantitative estimate of drug-likeness (QED) is 0.666. The van der Waals surface area contributed by atoms with Gasteiger partial charge in [0.15, 0.2) is 0 Å². The molecule has 0 radical (unpaired) electrons. The smallest absolute Gasteiger partial charge is 0.242 e. The number of hydrogen-bond donors (Lipinski definition) is 1. The summed E-state index contributed by atoms with van der Waals surface area (Å²) < 4.78 is 39.4. The minimum atomic E-state index is -3.81. The molecule has 0 bridgehead atoms. The third-order valence-electron chi connectivity index (χ3n) is 3.10. The highest BCUT2D eigenvalue weighted by molar-refractivity contribution is 9.10. The molecule has 8 heteroatoms. The van der Waals surface area contributed by atoms with E-state index in [1.807, 2.05) is 13.8 Å². The molecule has 0 aliphatic carbocycles. The Morgan fingerprint density at radius 1 is 1.29 bits per heavy atom. The molecule has 0 saturated carbocycles. The van der Waals surface area contributed by atoms with Gasteiger partial charge in [-0.15, -0.1) is 0 Å². The van der Waals surface area contributed by atoms with Crippen molar-refractivity contribution in [2.75, 3.05) is 13.2 Å². The van der Waals surface area contributed by atoms with E-state index < -0.39 is 16.1 Å². The van der Waals surface area contributed by atoms with Gasteiger partial charge >= 0.3 is 0 Å². The standard InChI is InChI=1S/C16H19BrClNO4S/c1-11(2)9-22-10-14(15-4-3-7-23-15)19-24(20,21)16-8-12(18)5-6-13(16)17/h3-8,11,14,19H,9-10H2,1-2H3. The predicted molar refractivity (Wildman–Crippen MR) is 96.6 cm³/mol. The topological polar surface area (TPSA) is 68.5 Å². The molecule has 1 aromatic heterocycles. The summed E-state index contributed by atoms with van der Waals surface area (Å²) in [7, 11) is -3.81. The van der Waals surface area contributed by atoms with E-state index in [4.69, 9.17) is 20.8 Å². The Labute approximate surface area is 155 Å². The van der Waals surface area contributed by atoms with Gasteiger partial charge in [-0.1, -0.05) is 25.4 Å². The maximum atomic E-state index is 12.7. The lowest BCUT2D eigenvalue weighted by Gasteiger charge is -2.18. The van der Waals surface area contributed by atoms with Crippen LogP contribution in [-0.4, -0.2) is 21.6 Å². The molecule has 1 aromatic carbocycles. The Morgan fingerprint density at radius 3 is 2.67 bits per heavy atom. The van der Waals surface area contributed by atoms with E-state index in [1.54, 1.807) is 24.3 Å². The first-order chi connectivity index (χ1) is 11.3. The second kappa shape index (κ2) is 8.49. The van der Waals surface area contributed by atoms with Crippen LogP contribution in [0.5, 0.6) is 0 Å². The van der Waals surface area contributed by atoms with Crippen LogP contribution < -0.4 is 4.72 Å². The van der Waals surface area contributed by atoms with Gasteiger partial charge in [-0.25, -0.2) is 8.42 Å². The van der Waals surface area contributed by atoms with Gasteiger partial charge in [0.25, 0.3) is 0 Å². The normalized spacial score (nSPS) is 13.4. The van der Waals surface area contributed by atoms with Crippen molar-refractivity contribution >= 4 is 37.6 Å². The minimum absolute atomic E-state index is 0.0652. The average Bonchev–Trinajstić information content (AvgIpc) is 3.02. The predicted octanol–water partition coefficient (Wildman–Crippen LogP) is 4.39. The zero-order chi connectivity index (χ0) is 17.7. The third-order valence-corrected chi connectivity index (χ3v) is 5.80. The fraction of sp³-hybridized carbons (Fsp3) is 0.375. The summed E-state index contributed by atoms with van der Waals surface area (Å²) in [5.74, 6) is 0.835. The van der Waals surface area contributed by atoms with Gasteiger partial charge in [0.1, 0.15) is 11.8 Å². The number of sulfonamides is 1. The SMILES string of the molecule is CC(C)COCC(NS(=O)(=O)c1cc(Cl)ccc1Br)c1ccco1. The van der Waals surface area contributed by atoms with Crippen molar-refractivity contribution in [1.29, 1.82) is 0 Å². The summed E-state index contributed by atoms with van der Waals surface area (Å²) in [5, 5.41) is 0.337. The minimum Gasteiger partial charge on any atom is -0.468 e. The molecule has 1 atom stereocenters. The van der Waals surface area contributed by atoms with Gasteiger partial charge in [-0.05, 0) is 52.2 Å². The van der Waals surface area contributed by atoms with Gasteiger partial charge in [0.2, 0.25) is 10.0 Å². The van der Waals surface area contributed by atoms with Gasteiger partial charge in [-0.2, -0.15) is 4.72 Å². The van der Waals surface area contributed by atoms with E-state index >= 15 is 0 Å².